The second kappa shape index (κ2) is 7.92. The third kappa shape index (κ3) is 4.64. The maximum absolute atomic E-state index is 12.2. The molecule has 0 atom stereocenters. The highest BCUT2D eigenvalue weighted by atomic mass is 35.5. The van der Waals surface area contributed by atoms with E-state index < -0.39 is 0 Å². The molecule has 27 heavy (non-hydrogen) atoms. The first kappa shape index (κ1) is 18.3. The lowest BCUT2D eigenvalue weighted by molar-refractivity contribution is 0.0918. The first-order valence-electron chi connectivity index (χ1n) is 8.47. The Balaban J connectivity index is 1.30. The van der Waals surface area contributed by atoms with Crippen LogP contribution >= 0.6 is 34.5 Å². The van der Waals surface area contributed by atoms with Gasteiger partial charge in [0.1, 0.15) is 18.1 Å². The number of nitrogens with zero attached hydrogens (tertiary/aromatic N) is 1. The predicted octanol–water partition coefficient (Wildman–Crippen LogP) is 5.43. The molecule has 0 radical (unpaired) electrons. The Hall–Kier alpha value is -2.02. The molecule has 1 saturated carbocycles. The molecule has 8 heteroatoms. The highest BCUT2D eigenvalue weighted by Gasteiger charge is 2.26. The fraction of sp³-hybridized carbons (Fsp3) is 0.263. The summed E-state index contributed by atoms with van der Waals surface area (Å²) in [6.07, 6.45) is 2.44. The number of ether oxygens (including phenoxy) is 1. The highest BCUT2D eigenvalue weighted by Crippen LogP contribution is 2.41. The van der Waals surface area contributed by atoms with Crippen molar-refractivity contribution in [2.45, 2.75) is 31.9 Å². The molecular formula is C19H16Cl2N2O3S. The Kier molecular flexibility index (Phi) is 5.38. The number of benzene rings is 1. The van der Waals surface area contributed by atoms with Crippen LogP contribution in [0, 0.1) is 0 Å². The largest absolute Gasteiger partial charge is 0.484 e. The van der Waals surface area contributed by atoms with E-state index in [1.165, 1.54) is 12.8 Å². The number of hydrogen-bond donors (Lipinski definition) is 1. The number of aromatic nitrogens is 1. The molecule has 3 aromatic rings. The highest BCUT2D eigenvalue weighted by molar-refractivity contribution is 7.09. The van der Waals surface area contributed by atoms with Gasteiger partial charge in [0.15, 0.2) is 5.76 Å². The van der Waals surface area contributed by atoms with E-state index in [9.17, 15) is 4.79 Å². The third-order valence-corrected chi connectivity index (χ3v) is 5.66. The zero-order valence-corrected chi connectivity index (χ0v) is 16.5. The number of hydrogen-bond acceptors (Lipinski definition) is 5. The summed E-state index contributed by atoms with van der Waals surface area (Å²) in [6, 6.07) is 8.30. The average molecular weight is 423 g/mol. The molecule has 0 spiro atoms. The Morgan fingerprint density at radius 1 is 1.30 bits per heavy atom. The summed E-state index contributed by atoms with van der Waals surface area (Å²) < 4.78 is 11.2. The Bertz CT molecular complexity index is 966. The Morgan fingerprint density at radius 3 is 2.93 bits per heavy atom. The lowest BCUT2D eigenvalue weighted by Crippen LogP contribution is -2.22. The normalized spacial score (nSPS) is 13.6. The van der Waals surface area contributed by atoms with Crippen LogP contribution in [0.15, 0.2) is 40.1 Å². The third-order valence-electron chi connectivity index (χ3n) is 4.08. The summed E-state index contributed by atoms with van der Waals surface area (Å²) in [5.41, 5.74) is 0.878. The summed E-state index contributed by atoms with van der Waals surface area (Å²) in [6.45, 7) is 0.542. The van der Waals surface area contributed by atoms with Crippen molar-refractivity contribution in [3.8, 4) is 5.75 Å². The number of nitrogens with one attached hydrogen (secondary N) is 1. The van der Waals surface area contributed by atoms with Gasteiger partial charge >= 0.3 is 0 Å². The van der Waals surface area contributed by atoms with Gasteiger partial charge in [0, 0.05) is 16.3 Å². The van der Waals surface area contributed by atoms with E-state index in [2.05, 4.69) is 10.3 Å². The fourth-order valence-corrected chi connectivity index (χ4v) is 3.95. The van der Waals surface area contributed by atoms with Crippen molar-refractivity contribution in [1.82, 2.24) is 10.3 Å². The number of amides is 1. The minimum absolute atomic E-state index is 0.158. The molecular weight excluding hydrogens is 407 g/mol. The zero-order valence-electron chi connectivity index (χ0n) is 14.2. The molecule has 1 aliphatic carbocycles. The quantitative estimate of drug-likeness (QED) is 0.551. The Labute approximate surface area is 170 Å². The van der Waals surface area contributed by atoms with Gasteiger partial charge in [-0.05, 0) is 43.2 Å². The van der Waals surface area contributed by atoms with E-state index in [4.69, 9.17) is 32.4 Å². The molecule has 0 aliphatic heterocycles. The number of carbonyl (C=O) groups is 1. The standard InChI is InChI=1S/C19H16Cl2N2O3S/c20-12-3-5-16(15(21)7-12)25-9-14-4-6-17(26-14)18(24)22-8-13-10-27-19(23-13)11-1-2-11/h3-7,10-11H,1-2,8-9H2,(H,22,24). The summed E-state index contributed by atoms with van der Waals surface area (Å²) in [5.74, 6) is 1.59. The molecule has 1 aromatic carbocycles. The SMILES string of the molecule is O=C(NCc1csc(C2CC2)n1)c1ccc(COc2ccc(Cl)cc2Cl)o1. The molecule has 140 valence electrons. The van der Waals surface area contributed by atoms with Gasteiger partial charge in [0.05, 0.1) is 22.3 Å². The maximum Gasteiger partial charge on any atom is 0.287 e. The minimum Gasteiger partial charge on any atom is -0.484 e. The monoisotopic (exact) mass is 422 g/mol. The summed E-state index contributed by atoms with van der Waals surface area (Å²) in [4.78, 5) is 16.8. The predicted molar refractivity (Wildman–Crippen MR) is 105 cm³/mol. The van der Waals surface area contributed by atoms with E-state index in [1.807, 2.05) is 5.38 Å². The Morgan fingerprint density at radius 2 is 2.15 bits per heavy atom. The summed E-state index contributed by atoms with van der Waals surface area (Å²) >= 11 is 13.6. The van der Waals surface area contributed by atoms with Crippen LogP contribution in [0.2, 0.25) is 10.0 Å². The molecule has 2 heterocycles. The van der Waals surface area contributed by atoms with E-state index in [-0.39, 0.29) is 18.3 Å². The van der Waals surface area contributed by atoms with Crippen LogP contribution in [0.5, 0.6) is 5.75 Å². The van der Waals surface area contributed by atoms with E-state index >= 15 is 0 Å². The van der Waals surface area contributed by atoms with Crippen LogP contribution in [-0.4, -0.2) is 10.9 Å². The fourth-order valence-electron chi connectivity index (χ4n) is 2.50. The van der Waals surface area contributed by atoms with Crippen LogP contribution in [0.1, 0.15) is 45.8 Å². The van der Waals surface area contributed by atoms with Crippen molar-refractivity contribution in [3.63, 3.8) is 0 Å². The molecule has 0 bridgehead atoms. The lowest BCUT2D eigenvalue weighted by Gasteiger charge is -2.06. The molecule has 4 rings (SSSR count). The molecule has 1 N–H and O–H groups in total. The van der Waals surface area contributed by atoms with Crippen LogP contribution in [0.25, 0.3) is 0 Å². The van der Waals surface area contributed by atoms with Crippen LogP contribution in [0.3, 0.4) is 0 Å². The van der Waals surface area contributed by atoms with E-state index in [0.717, 1.165) is 10.7 Å². The summed E-state index contributed by atoms with van der Waals surface area (Å²) in [7, 11) is 0. The van der Waals surface area contributed by atoms with Crippen molar-refractivity contribution in [3.05, 3.63) is 68.0 Å². The molecule has 1 aliphatic rings. The van der Waals surface area contributed by atoms with Crippen molar-refractivity contribution in [2.24, 2.45) is 0 Å². The van der Waals surface area contributed by atoms with Crippen molar-refractivity contribution >= 4 is 40.4 Å². The zero-order chi connectivity index (χ0) is 18.8. The van der Waals surface area contributed by atoms with Gasteiger partial charge in [-0.25, -0.2) is 4.98 Å². The smallest absolute Gasteiger partial charge is 0.287 e. The topological polar surface area (TPSA) is 64.4 Å². The van der Waals surface area contributed by atoms with Crippen molar-refractivity contribution in [2.75, 3.05) is 0 Å². The first-order chi connectivity index (χ1) is 13.1. The van der Waals surface area contributed by atoms with Gasteiger partial charge in [-0.15, -0.1) is 11.3 Å². The molecule has 5 nitrogen and oxygen atoms in total. The number of carbonyl (C=O) groups excluding carboxylic acids is 1. The molecule has 1 fully saturated rings. The van der Waals surface area contributed by atoms with Gasteiger partial charge in [-0.2, -0.15) is 0 Å². The van der Waals surface area contributed by atoms with E-state index in [0.29, 0.717) is 34.0 Å². The van der Waals surface area contributed by atoms with Gasteiger partial charge in [0.25, 0.3) is 5.91 Å². The molecule has 0 unspecified atom stereocenters. The van der Waals surface area contributed by atoms with E-state index in [1.54, 1.807) is 41.7 Å². The van der Waals surface area contributed by atoms with Crippen molar-refractivity contribution in [1.29, 1.82) is 0 Å². The lowest BCUT2D eigenvalue weighted by atomic mass is 10.3. The second-order valence-corrected chi connectivity index (χ2v) is 8.00. The van der Waals surface area contributed by atoms with Gasteiger partial charge in [-0.3, -0.25) is 4.79 Å². The van der Waals surface area contributed by atoms with Crippen molar-refractivity contribution < 1.29 is 13.9 Å². The number of thiazole rings is 1. The maximum atomic E-state index is 12.2. The minimum atomic E-state index is -0.285. The van der Waals surface area contributed by atoms with Crippen LogP contribution in [-0.2, 0) is 13.2 Å². The van der Waals surface area contributed by atoms with Gasteiger partial charge < -0.3 is 14.5 Å². The average Bonchev–Trinajstić information content (AvgIpc) is 3.20. The number of furan rings is 1. The van der Waals surface area contributed by atoms with Gasteiger partial charge in [-0.1, -0.05) is 23.2 Å². The van der Waals surface area contributed by atoms with Gasteiger partial charge in [0.2, 0.25) is 0 Å². The first-order valence-corrected chi connectivity index (χ1v) is 10.1. The van der Waals surface area contributed by atoms with Crippen LogP contribution in [0.4, 0.5) is 0 Å². The summed E-state index contributed by atoms with van der Waals surface area (Å²) in [5, 5.41) is 6.93. The second-order valence-electron chi connectivity index (χ2n) is 6.26. The molecule has 1 amide bonds. The number of halogens is 2. The molecule has 2 aromatic heterocycles. The van der Waals surface area contributed by atoms with Crippen LogP contribution < -0.4 is 10.1 Å². The molecule has 0 saturated heterocycles. The number of rotatable bonds is 7.